The van der Waals surface area contributed by atoms with Crippen LogP contribution >= 0.6 is 0 Å². The van der Waals surface area contributed by atoms with Gasteiger partial charge in [-0.2, -0.15) is 0 Å². The molecule has 3 N–H and O–H groups in total. The second-order valence-corrected chi connectivity index (χ2v) is 5.53. The Labute approximate surface area is 119 Å². The van der Waals surface area contributed by atoms with Crippen molar-refractivity contribution in [2.45, 2.75) is 45.6 Å². The molecule has 0 aromatic carbocycles. The highest BCUT2D eigenvalue weighted by Gasteiger charge is 2.24. The second-order valence-electron chi connectivity index (χ2n) is 5.53. The first kappa shape index (κ1) is 16.6. The molecule has 0 spiro atoms. The van der Waals surface area contributed by atoms with E-state index < -0.39 is 12.0 Å². The van der Waals surface area contributed by atoms with E-state index in [-0.39, 0.29) is 11.7 Å². The third-order valence-corrected chi connectivity index (χ3v) is 3.56. The van der Waals surface area contributed by atoms with Crippen LogP contribution in [0.2, 0.25) is 0 Å². The standard InChI is InChI=1S/C14H24N2O4/c1-9(15)13(17)19-7-11-3-5-12(6-4-11)8-20-14(18)10(2)16/h9,11-12,16H,3-8,15H2,1-2H3. The molecule has 0 aromatic heterocycles. The Morgan fingerprint density at radius 2 is 1.60 bits per heavy atom. The molecule has 6 nitrogen and oxygen atoms in total. The number of nitrogens with two attached hydrogens (primary N) is 1. The molecule has 0 aromatic rings. The molecule has 1 aliphatic carbocycles. The molecule has 1 unspecified atom stereocenters. The molecule has 0 saturated heterocycles. The number of ether oxygens (including phenoxy) is 2. The van der Waals surface area contributed by atoms with Gasteiger partial charge in [-0.1, -0.05) is 0 Å². The fourth-order valence-electron chi connectivity index (χ4n) is 2.20. The predicted molar refractivity (Wildman–Crippen MR) is 74.4 cm³/mol. The molecule has 1 atom stereocenters. The number of hydrogen-bond donors (Lipinski definition) is 2. The summed E-state index contributed by atoms with van der Waals surface area (Å²) in [5, 5.41) is 7.15. The quantitative estimate of drug-likeness (QED) is 0.564. The molecule has 1 fully saturated rings. The molecule has 1 rings (SSSR count). The van der Waals surface area contributed by atoms with Gasteiger partial charge < -0.3 is 15.2 Å². The molecule has 0 aliphatic heterocycles. The lowest BCUT2D eigenvalue weighted by atomic mass is 9.83. The van der Waals surface area contributed by atoms with E-state index in [4.69, 9.17) is 20.6 Å². The van der Waals surface area contributed by atoms with Crippen molar-refractivity contribution in [1.82, 2.24) is 0 Å². The van der Waals surface area contributed by atoms with E-state index in [0.717, 1.165) is 25.7 Å². The van der Waals surface area contributed by atoms with Crippen LogP contribution in [-0.4, -0.2) is 36.9 Å². The number of carbonyl (C=O) groups is 2. The van der Waals surface area contributed by atoms with Gasteiger partial charge in [0.25, 0.3) is 0 Å². The normalized spacial score (nSPS) is 23.8. The zero-order valence-corrected chi connectivity index (χ0v) is 12.2. The molecule has 6 heteroatoms. The molecule has 20 heavy (non-hydrogen) atoms. The second kappa shape index (κ2) is 7.99. The first-order chi connectivity index (χ1) is 9.40. The van der Waals surface area contributed by atoms with Crippen LogP contribution in [0.15, 0.2) is 0 Å². The van der Waals surface area contributed by atoms with Crippen molar-refractivity contribution in [1.29, 1.82) is 5.41 Å². The average molecular weight is 284 g/mol. The monoisotopic (exact) mass is 284 g/mol. The van der Waals surface area contributed by atoms with Gasteiger partial charge in [-0.15, -0.1) is 0 Å². The van der Waals surface area contributed by atoms with E-state index in [1.54, 1.807) is 6.92 Å². The van der Waals surface area contributed by atoms with Crippen molar-refractivity contribution in [3.05, 3.63) is 0 Å². The van der Waals surface area contributed by atoms with Gasteiger partial charge in [-0.3, -0.25) is 10.2 Å². The Hall–Kier alpha value is -1.43. The zero-order chi connectivity index (χ0) is 15.1. The zero-order valence-electron chi connectivity index (χ0n) is 12.2. The van der Waals surface area contributed by atoms with Crippen molar-refractivity contribution in [2.75, 3.05) is 13.2 Å². The van der Waals surface area contributed by atoms with Gasteiger partial charge in [-0.05, 0) is 51.4 Å². The van der Waals surface area contributed by atoms with Gasteiger partial charge in [0.05, 0.1) is 13.2 Å². The summed E-state index contributed by atoms with van der Waals surface area (Å²) in [4.78, 5) is 22.4. The minimum absolute atomic E-state index is 0.0681. The van der Waals surface area contributed by atoms with Crippen LogP contribution in [0.5, 0.6) is 0 Å². The van der Waals surface area contributed by atoms with Gasteiger partial charge in [0.1, 0.15) is 11.8 Å². The van der Waals surface area contributed by atoms with E-state index in [9.17, 15) is 9.59 Å². The highest BCUT2D eigenvalue weighted by molar-refractivity contribution is 6.33. The largest absolute Gasteiger partial charge is 0.464 e. The number of nitrogens with one attached hydrogen (secondary N) is 1. The maximum Gasteiger partial charge on any atom is 0.351 e. The van der Waals surface area contributed by atoms with Gasteiger partial charge in [0, 0.05) is 0 Å². The summed E-state index contributed by atoms with van der Waals surface area (Å²) in [6, 6.07) is -0.574. The summed E-state index contributed by atoms with van der Waals surface area (Å²) in [7, 11) is 0. The molecule has 1 aliphatic rings. The van der Waals surface area contributed by atoms with Gasteiger partial charge in [0.15, 0.2) is 0 Å². The van der Waals surface area contributed by atoms with Crippen LogP contribution in [0.4, 0.5) is 0 Å². The molecule has 114 valence electrons. The molecule has 1 saturated carbocycles. The van der Waals surface area contributed by atoms with Crippen molar-refractivity contribution >= 4 is 17.7 Å². The number of carbonyl (C=O) groups excluding carboxylic acids is 2. The molecular formula is C14H24N2O4. The van der Waals surface area contributed by atoms with E-state index >= 15 is 0 Å². The summed E-state index contributed by atoms with van der Waals surface area (Å²) < 4.78 is 10.2. The van der Waals surface area contributed by atoms with Gasteiger partial charge >= 0.3 is 11.9 Å². The van der Waals surface area contributed by atoms with Gasteiger partial charge in [-0.25, -0.2) is 4.79 Å². The summed E-state index contributed by atoms with van der Waals surface area (Å²) in [5.41, 5.74) is 5.36. The minimum atomic E-state index is -0.574. The topological polar surface area (TPSA) is 102 Å². The third kappa shape index (κ3) is 5.69. The van der Waals surface area contributed by atoms with Crippen molar-refractivity contribution in [3.8, 4) is 0 Å². The highest BCUT2D eigenvalue weighted by atomic mass is 16.5. The van der Waals surface area contributed by atoms with Crippen LogP contribution in [0.25, 0.3) is 0 Å². The molecule has 0 radical (unpaired) electrons. The summed E-state index contributed by atoms with van der Waals surface area (Å²) in [5.74, 6) is -0.187. The molecular weight excluding hydrogens is 260 g/mol. The molecule has 0 bridgehead atoms. The summed E-state index contributed by atoms with van der Waals surface area (Å²) in [6.07, 6.45) is 3.81. The maximum absolute atomic E-state index is 11.3. The third-order valence-electron chi connectivity index (χ3n) is 3.56. The van der Waals surface area contributed by atoms with Crippen LogP contribution in [-0.2, 0) is 19.1 Å². The average Bonchev–Trinajstić information content (AvgIpc) is 2.42. The van der Waals surface area contributed by atoms with Crippen molar-refractivity contribution < 1.29 is 19.1 Å². The lowest BCUT2D eigenvalue weighted by Crippen LogP contribution is -2.31. The van der Waals surface area contributed by atoms with Crippen LogP contribution in [0.1, 0.15) is 39.5 Å². The van der Waals surface area contributed by atoms with E-state index in [1.807, 2.05) is 0 Å². The first-order valence-corrected chi connectivity index (χ1v) is 7.04. The predicted octanol–water partition coefficient (Wildman–Crippen LogP) is 1.27. The fourth-order valence-corrected chi connectivity index (χ4v) is 2.20. The molecule has 0 heterocycles. The summed E-state index contributed by atoms with van der Waals surface area (Å²) >= 11 is 0. The fraction of sp³-hybridized carbons (Fsp3) is 0.786. The van der Waals surface area contributed by atoms with E-state index in [1.165, 1.54) is 6.92 Å². The number of rotatable bonds is 6. The van der Waals surface area contributed by atoms with Crippen molar-refractivity contribution in [2.24, 2.45) is 17.6 Å². The van der Waals surface area contributed by atoms with Crippen LogP contribution in [0, 0.1) is 17.2 Å². The maximum atomic E-state index is 11.3. The number of hydrogen-bond acceptors (Lipinski definition) is 6. The minimum Gasteiger partial charge on any atom is -0.464 e. The van der Waals surface area contributed by atoms with E-state index in [0.29, 0.717) is 25.0 Å². The number of esters is 2. The first-order valence-electron chi connectivity index (χ1n) is 7.04. The van der Waals surface area contributed by atoms with Gasteiger partial charge in [0.2, 0.25) is 0 Å². The van der Waals surface area contributed by atoms with Crippen LogP contribution < -0.4 is 5.73 Å². The Balaban J connectivity index is 2.18. The smallest absolute Gasteiger partial charge is 0.351 e. The Morgan fingerprint density at radius 1 is 1.15 bits per heavy atom. The Bertz CT molecular complexity index is 360. The van der Waals surface area contributed by atoms with Crippen molar-refractivity contribution in [3.63, 3.8) is 0 Å². The SMILES string of the molecule is CC(=N)C(=O)OCC1CCC(COC(=O)C(C)N)CC1. The lowest BCUT2D eigenvalue weighted by Gasteiger charge is -2.27. The van der Waals surface area contributed by atoms with Crippen LogP contribution in [0.3, 0.4) is 0 Å². The Kier molecular flexibility index (Phi) is 6.64. The van der Waals surface area contributed by atoms with E-state index in [2.05, 4.69) is 0 Å². The highest BCUT2D eigenvalue weighted by Crippen LogP contribution is 2.29. The summed E-state index contributed by atoms with van der Waals surface area (Å²) in [6.45, 7) is 3.83. The molecule has 0 amide bonds. The Morgan fingerprint density at radius 3 is 2.00 bits per heavy atom. The lowest BCUT2D eigenvalue weighted by molar-refractivity contribution is -0.147.